The number of fused-ring (bicyclic) bond motifs is 1. The first-order valence-corrected chi connectivity index (χ1v) is 15.1. The van der Waals surface area contributed by atoms with E-state index in [1.807, 2.05) is 44.2 Å². The van der Waals surface area contributed by atoms with Gasteiger partial charge in [-0.3, -0.25) is 9.59 Å². The molecule has 0 saturated heterocycles. The molecule has 5 N–H and O–H groups in total. The fraction of sp³-hybridized carbons (Fsp3) is 0.517. The highest BCUT2D eigenvalue weighted by Crippen LogP contribution is 2.35. The second-order valence-corrected chi connectivity index (χ2v) is 13.6. The lowest BCUT2D eigenvalue weighted by Gasteiger charge is -2.34. The normalized spacial score (nSPS) is 15.4. The summed E-state index contributed by atoms with van der Waals surface area (Å²) in [6.45, 7) is 8.76. The number of carbonyl (C=O) groups is 2. The van der Waals surface area contributed by atoms with E-state index < -0.39 is 45.4 Å². The summed E-state index contributed by atoms with van der Waals surface area (Å²) in [5.74, 6) is -0.255. The van der Waals surface area contributed by atoms with Crippen molar-refractivity contribution in [3.63, 3.8) is 0 Å². The van der Waals surface area contributed by atoms with Crippen molar-refractivity contribution in [3.05, 3.63) is 54.1 Å². The number of aliphatic hydroxyl groups is 1. The third kappa shape index (κ3) is 8.65. The van der Waals surface area contributed by atoms with Crippen LogP contribution in [0.25, 0.3) is 0 Å². The third-order valence-electron chi connectivity index (χ3n) is 6.65. The number of aliphatic hydroxyl groups excluding tert-OH is 1. The number of sulfonamides is 1. The first-order chi connectivity index (χ1) is 19.2. The van der Waals surface area contributed by atoms with Crippen molar-refractivity contribution in [1.29, 1.82) is 0 Å². The molecule has 11 nitrogen and oxygen atoms in total. The van der Waals surface area contributed by atoms with Crippen LogP contribution in [0.1, 0.15) is 40.2 Å². The van der Waals surface area contributed by atoms with Crippen molar-refractivity contribution in [1.82, 2.24) is 14.9 Å². The monoisotopic (exact) mass is 590 g/mol. The van der Waals surface area contributed by atoms with Crippen molar-refractivity contribution in [2.75, 3.05) is 26.4 Å². The lowest BCUT2D eigenvalue weighted by Crippen LogP contribution is -2.59. The van der Waals surface area contributed by atoms with Gasteiger partial charge in [0.15, 0.2) is 11.5 Å². The Hall–Kier alpha value is -3.19. The van der Waals surface area contributed by atoms with Gasteiger partial charge in [-0.25, -0.2) is 8.42 Å². The molecule has 2 aromatic rings. The number of nitrogens with zero attached hydrogens (tertiary/aromatic N) is 1. The highest BCUT2D eigenvalue weighted by atomic mass is 32.2. The summed E-state index contributed by atoms with van der Waals surface area (Å²) in [4.78, 5) is 25.6. The molecular formula is C29H42N4O7S. The largest absolute Gasteiger partial charge is 0.454 e. The highest BCUT2D eigenvalue weighted by Gasteiger charge is 2.36. The molecule has 0 spiro atoms. The molecule has 1 heterocycles. The molecule has 0 radical (unpaired) electrons. The SMILES string of the molecule is CC(C)CN(CC(O)C(Cc1ccccc1)NC(=O)C(NC(=O)CN)C(C)(C)C)S(=O)(=O)c1ccc2c(c1)OCO2. The van der Waals surface area contributed by atoms with Crippen LogP contribution in [0.4, 0.5) is 0 Å². The smallest absolute Gasteiger partial charge is 0.243 e. The number of rotatable bonds is 13. The molecule has 12 heteroatoms. The standard InChI is InChI=1S/C29H42N4O7S/c1-19(2)16-33(41(37,38)21-11-12-24-25(14-21)40-18-39-24)17-23(34)22(13-20-9-7-6-8-10-20)31-28(36)27(29(3,4)5)32-26(35)15-30/h6-12,14,19,22-23,27,34H,13,15-18,30H2,1-5H3,(H,31,36)(H,32,35). The van der Waals surface area contributed by atoms with E-state index in [9.17, 15) is 23.1 Å². The summed E-state index contributed by atoms with van der Waals surface area (Å²) in [6.07, 6.45) is -1.05. The summed E-state index contributed by atoms with van der Waals surface area (Å²) >= 11 is 0. The fourth-order valence-corrected chi connectivity index (χ4v) is 6.15. The average Bonchev–Trinajstić information content (AvgIpc) is 3.38. The lowest BCUT2D eigenvalue weighted by molar-refractivity contribution is -0.132. The Labute approximate surface area is 242 Å². The van der Waals surface area contributed by atoms with Gasteiger partial charge in [-0.2, -0.15) is 4.31 Å². The second-order valence-electron chi connectivity index (χ2n) is 11.7. The van der Waals surface area contributed by atoms with Crippen LogP contribution in [0, 0.1) is 11.3 Å². The van der Waals surface area contributed by atoms with E-state index >= 15 is 0 Å². The molecule has 1 aliphatic heterocycles. The zero-order chi connectivity index (χ0) is 30.4. The van der Waals surface area contributed by atoms with Gasteiger partial charge in [0.05, 0.1) is 23.6 Å². The number of hydrogen-bond acceptors (Lipinski definition) is 8. The van der Waals surface area contributed by atoms with Crippen molar-refractivity contribution in [2.24, 2.45) is 17.1 Å². The van der Waals surface area contributed by atoms with E-state index in [1.165, 1.54) is 16.4 Å². The van der Waals surface area contributed by atoms with E-state index in [2.05, 4.69) is 10.6 Å². The van der Waals surface area contributed by atoms with Crippen LogP contribution in [-0.4, -0.2) is 74.3 Å². The van der Waals surface area contributed by atoms with Gasteiger partial charge in [0.2, 0.25) is 28.6 Å². The minimum Gasteiger partial charge on any atom is -0.454 e. The zero-order valence-corrected chi connectivity index (χ0v) is 25.1. The molecular weight excluding hydrogens is 548 g/mol. The number of nitrogens with one attached hydrogen (secondary N) is 2. The van der Waals surface area contributed by atoms with Gasteiger partial charge in [0.1, 0.15) is 6.04 Å². The van der Waals surface area contributed by atoms with Crippen LogP contribution in [0.3, 0.4) is 0 Å². The summed E-state index contributed by atoms with van der Waals surface area (Å²) in [6, 6.07) is 11.9. The number of ether oxygens (including phenoxy) is 2. The van der Waals surface area contributed by atoms with Crippen LogP contribution in [-0.2, 0) is 26.0 Å². The van der Waals surface area contributed by atoms with Gasteiger partial charge in [-0.1, -0.05) is 65.0 Å². The van der Waals surface area contributed by atoms with E-state index in [0.717, 1.165) is 5.56 Å². The van der Waals surface area contributed by atoms with Crippen LogP contribution >= 0.6 is 0 Å². The van der Waals surface area contributed by atoms with E-state index in [4.69, 9.17) is 15.2 Å². The van der Waals surface area contributed by atoms with E-state index in [0.29, 0.717) is 11.5 Å². The predicted octanol–water partition coefficient (Wildman–Crippen LogP) is 1.64. The van der Waals surface area contributed by atoms with E-state index in [-0.39, 0.29) is 43.7 Å². The van der Waals surface area contributed by atoms with Crippen LogP contribution in [0.2, 0.25) is 0 Å². The lowest BCUT2D eigenvalue weighted by atomic mass is 9.85. The Balaban J connectivity index is 1.91. The Morgan fingerprint density at radius 1 is 1.02 bits per heavy atom. The zero-order valence-electron chi connectivity index (χ0n) is 24.3. The van der Waals surface area contributed by atoms with Gasteiger partial charge in [0, 0.05) is 19.2 Å². The number of benzene rings is 2. The summed E-state index contributed by atoms with van der Waals surface area (Å²) < 4.78 is 39.4. The minimum atomic E-state index is -4.05. The Morgan fingerprint density at radius 2 is 1.68 bits per heavy atom. The van der Waals surface area contributed by atoms with Crippen molar-refractivity contribution in [3.8, 4) is 11.5 Å². The maximum Gasteiger partial charge on any atom is 0.243 e. The molecule has 41 heavy (non-hydrogen) atoms. The number of carbonyl (C=O) groups excluding carboxylic acids is 2. The summed E-state index contributed by atoms with van der Waals surface area (Å²) in [7, 11) is -4.05. The average molecular weight is 591 g/mol. The molecule has 0 saturated carbocycles. The second kappa shape index (κ2) is 13.6. The molecule has 2 amide bonds. The van der Waals surface area contributed by atoms with Gasteiger partial charge >= 0.3 is 0 Å². The molecule has 0 bridgehead atoms. The maximum absolute atomic E-state index is 13.8. The Bertz CT molecular complexity index is 1300. The predicted molar refractivity (Wildman–Crippen MR) is 155 cm³/mol. The molecule has 3 atom stereocenters. The molecule has 0 aliphatic carbocycles. The van der Waals surface area contributed by atoms with Gasteiger partial charge < -0.3 is 30.9 Å². The van der Waals surface area contributed by atoms with Gasteiger partial charge in [-0.05, 0) is 35.4 Å². The Kier molecular flexibility index (Phi) is 10.8. The number of nitrogens with two attached hydrogens (primary N) is 1. The Morgan fingerprint density at radius 3 is 2.29 bits per heavy atom. The molecule has 1 aliphatic rings. The topological polar surface area (TPSA) is 160 Å². The third-order valence-corrected chi connectivity index (χ3v) is 8.48. The quantitative estimate of drug-likeness (QED) is 0.274. The number of hydrogen-bond donors (Lipinski definition) is 4. The van der Waals surface area contributed by atoms with Crippen molar-refractivity contribution >= 4 is 21.8 Å². The first kappa shape index (κ1) is 32.3. The maximum atomic E-state index is 13.8. The van der Waals surface area contributed by atoms with Crippen molar-refractivity contribution in [2.45, 2.75) is 64.1 Å². The van der Waals surface area contributed by atoms with Gasteiger partial charge in [0.25, 0.3) is 0 Å². The van der Waals surface area contributed by atoms with Crippen molar-refractivity contribution < 1.29 is 32.6 Å². The summed E-state index contributed by atoms with van der Waals surface area (Å²) in [5, 5.41) is 17.1. The molecule has 0 fully saturated rings. The first-order valence-electron chi connectivity index (χ1n) is 13.6. The van der Waals surface area contributed by atoms with Crippen LogP contribution in [0.15, 0.2) is 53.4 Å². The van der Waals surface area contributed by atoms with Crippen LogP contribution < -0.4 is 25.8 Å². The molecule has 3 rings (SSSR count). The van der Waals surface area contributed by atoms with Crippen LogP contribution in [0.5, 0.6) is 11.5 Å². The van der Waals surface area contributed by atoms with E-state index in [1.54, 1.807) is 26.8 Å². The number of amides is 2. The molecule has 2 aromatic carbocycles. The minimum absolute atomic E-state index is 0.00934. The molecule has 226 valence electrons. The van der Waals surface area contributed by atoms with Gasteiger partial charge in [-0.15, -0.1) is 0 Å². The summed E-state index contributed by atoms with van der Waals surface area (Å²) in [5.41, 5.74) is 5.64. The molecule has 3 unspecified atom stereocenters. The molecule has 0 aromatic heterocycles. The highest BCUT2D eigenvalue weighted by molar-refractivity contribution is 7.89. The fourth-order valence-electron chi connectivity index (χ4n) is 4.51.